The Balaban J connectivity index is 2.34. The van der Waals surface area contributed by atoms with Crippen molar-refractivity contribution in [3.05, 3.63) is 30.5 Å². The molecule has 1 aromatic heterocycles. The second kappa shape index (κ2) is 4.81. The van der Waals surface area contributed by atoms with Gasteiger partial charge in [0, 0.05) is 30.9 Å². The third kappa shape index (κ3) is 2.06. The number of anilines is 2. The van der Waals surface area contributed by atoms with Crippen LogP contribution in [0.3, 0.4) is 0 Å². The second-order valence-electron chi connectivity index (χ2n) is 3.52. The Kier molecular flexibility index (Phi) is 3.22. The molecule has 1 aromatic carbocycles. The number of ether oxygens (including phenoxy) is 1. The average Bonchev–Trinajstić information content (AvgIpc) is 2.31. The number of rotatable bonds is 4. The molecular weight excluding hydrogens is 202 g/mol. The molecule has 0 aliphatic carbocycles. The van der Waals surface area contributed by atoms with Gasteiger partial charge in [-0.1, -0.05) is 12.1 Å². The second-order valence-corrected chi connectivity index (χ2v) is 3.52. The summed E-state index contributed by atoms with van der Waals surface area (Å²) in [6.45, 7) is 1.44. The van der Waals surface area contributed by atoms with Gasteiger partial charge in [-0.2, -0.15) is 0 Å². The van der Waals surface area contributed by atoms with E-state index in [0.29, 0.717) is 12.3 Å². The molecule has 16 heavy (non-hydrogen) atoms. The van der Waals surface area contributed by atoms with E-state index in [0.717, 1.165) is 23.1 Å². The lowest BCUT2D eigenvalue weighted by atomic mass is 10.1. The Morgan fingerprint density at radius 3 is 3.06 bits per heavy atom. The molecule has 2 aromatic rings. The van der Waals surface area contributed by atoms with Crippen molar-refractivity contribution < 1.29 is 4.74 Å². The number of nitrogens with one attached hydrogen (secondary N) is 1. The Hall–Kier alpha value is -1.81. The third-order valence-electron chi connectivity index (χ3n) is 2.42. The van der Waals surface area contributed by atoms with E-state index >= 15 is 0 Å². The average molecular weight is 217 g/mol. The quantitative estimate of drug-likeness (QED) is 0.606. The van der Waals surface area contributed by atoms with Crippen molar-refractivity contribution in [3.63, 3.8) is 0 Å². The van der Waals surface area contributed by atoms with Crippen molar-refractivity contribution in [2.24, 2.45) is 0 Å². The normalized spacial score (nSPS) is 10.6. The first kappa shape index (κ1) is 10.7. The minimum Gasteiger partial charge on any atom is -0.397 e. The predicted octanol–water partition coefficient (Wildman–Crippen LogP) is 1.88. The predicted molar refractivity (Wildman–Crippen MR) is 66.5 cm³/mol. The molecule has 0 radical (unpaired) electrons. The van der Waals surface area contributed by atoms with Crippen molar-refractivity contribution in [1.82, 2.24) is 4.98 Å². The van der Waals surface area contributed by atoms with Crippen LogP contribution in [0.1, 0.15) is 0 Å². The van der Waals surface area contributed by atoms with Crippen LogP contribution in [-0.4, -0.2) is 25.2 Å². The van der Waals surface area contributed by atoms with Gasteiger partial charge in [0.15, 0.2) is 0 Å². The Morgan fingerprint density at radius 2 is 2.25 bits per heavy atom. The lowest BCUT2D eigenvalue weighted by molar-refractivity contribution is 0.211. The minimum atomic E-state index is 0.673. The molecule has 4 heteroatoms. The SMILES string of the molecule is COCCNc1ccnc2c(N)cccc12. The summed E-state index contributed by atoms with van der Waals surface area (Å²) < 4.78 is 5.00. The van der Waals surface area contributed by atoms with E-state index in [1.165, 1.54) is 0 Å². The van der Waals surface area contributed by atoms with Crippen LogP contribution in [0.2, 0.25) is 0 Å². The summed E-state index contributed by atoms with van der Waals surface area (Å²) in [6, 6.07) is 7.74. The largest absolute Gasteiger partial charge is 0.397 e. The minimum absolute atomic E-state index is 0.673. The highest BCUT2D eigenvalue weighted by Gasteiger charge is 2.03. The van der Waals surface area contributed by atoms with E-state index in [2.05, 4.69) is 10.3 Å². The fraction of sp³-hybridized carbons (Fsp3) is 0.250. The number of methoxy groups -OCH3 is 1. The summed E-state index contributed by atoms with van der Waals surface area (Å²) in [6.07, 6.45) is 1.76. The van der Waals surface area contributed by atoms with Crippen LogP contribution in [0.4, 0.5) is 11.4 Å². The van der Waals surface area contributed by atoms with Crippen LogP contribution in [0.5, 0.6) is 0 Å². The number of para-hydroxylation sites is 1. The highest BCUT2D eigenvalue weighted by atomic mass is 16.5. The number of hydrogen-bond donors (Lipinski definition) is 2. The van der Waals surface area contributed by atoms with Crippen molar-refractivity contribution in [1.29, 1.82) is 0 Å². The molecule has 0 fully saturated rings. The summed E-state index contributed by atoms with van der Waals surface area (Å²) in [5, 5.41) is 4.34. The molecule has 0 atom stereocenters. The summed E-state index contributed by atoms with van der Waals surface area (Å²) in [4.78, 5) is 4.27. The van der Waals surface area contributed by atoms with Gasteiger partial charge in [0.1, 0.15) is 0 Å². The maximum atomic E-state index is 5.86. The Bertz CT molecular complexity index is 485. The van der Waals surface area contributed by atoms with E-state index in [9.17, 15) is 0 Å². The summed E-state index contributed by atoms with van der Waals surface area (Å²) in [5.74, 6) is 0. The first-order valence-corrected chi connectivity index (χ1v) is 5.19. The van der Waals surface area contributed by atoms with Gasteiger partial charge in [0.25, 0.3) is 0 Å². The van der Waals surface area contributed by atoms with E-state index in [1.54, 1.807) is 13.3 Å². The zero-order valence-electron chi connectivity index (χ0n) is 9.23. The number of hydrogen-bond acceptors (Lipinski definition) is 4. The number of fused-ring (bicyclic) bond motifs is 1. The standard InChI is InChI=1S/C12H15N3O/c1-16-8-7-14-11-5-6-15-12-9(11)3-2-4-10(12)13/h2-6H,7-8,13H2,1H3,(H,14,15). The number of nitrogens with two attached hydrogens (primary N) is 1. The summed E-state index contributed by atoms with van der Waals surface area (Å²) in [7, 11) is 1.68. The topological polar surface area (TPSA) is 60.2 Å². The molecule has 84 valence electrons. The monoisotopic (exact) mass is 217 g/mol. The van der Waals surface area contributed by atoms with E-state index in [4.69, 9.17) is 10.5 Å². The van der Waals surface area contributed by atoms with Gasteiger partial charge in [-0.25, -0.2) is 0 Å². The lowest BCUT2D eigenvalue weighted by Gasteiger charge is -2.09. The van der Waals surface area contributed by atoms with Crippen LogP contribution in [0.25, 0.3) is 10.9 Å². The van der Waals surface area contributed by atoms with Gasteiger partial charge < -0.3 is 15.8 Å². The molecule has 0 spiro atoms. The summed E-state index contributed by atoms with van der Waals surface area (Å²) >= 11 is 0. The molecule has 0 unspecified atom stereocenters. The molecule has 2 rings (SSSR count). The third-order valence-corrected chi connectivity index (χ3v) is 2.42. The van der Waals surface area contributed by atoms with E-state index in [1.807, 2.05) is 24.3 Å². The maximum Gasteiger partial charge on any atom is 0.0951 e. The molecule has 4 nitrogen and oxygen atoms in total. The van der Waals surface area contributed by atoms with Crippen molar-refractivity contribution >= 4 is 22.3 Å². The van der Waals surface area contributed by atoms with E-state index < -0.39 is 0 Å². The van der Waals surface area contributed by atoms with Crippen molar-refractivity contribution in [2.75, 3.05) is 31.3 Å². The fourth-order valence-electron chi connectivity index (χ4n) is 1.64. The van der Waals surface area contributed by atoms with Crippen LogP contribution < -0.4 is 11.1 Å². The smallest absolute Gasteiger partial charge is 0.0951 e. The van der Waals surface area contributed by atoms with Crippen LogP contribution in [0.15, 0.2) is 30.5 Å². The number of nitrogens with zero attached hydrogens (tertiary/aromatic N) is 1. The van der Waals surface area contributed by atoms with Crippen LogP contribution in [-0.2, 0) is 4.74 Å². The molecule has 0 saturated heterocycles. The number of nitrogen functional groups attached to an aromatic ring is 1. The maximum absolute atomic E-state index is 5.86. The van der Waals surface area contributed by atoms with Crippen LogP contribution in [0, 0.1) is 0 Å². The molecule has 3 N–H and O–H groups in total. The van der Waals surface area contributed by atoms with Gasteiger partial charge in [0.05, 0.1) is 17.8 Å². The van der Waals surface area contributed by atoms with E-state index in [-0.39, 0.29) is 0 Å². The van der Waals surface area contributed by atoms with Gasteiger partial charge in [0.2, 0.25) is 0 Å². The molecule has 1 heterocycles. The Morgan fingerprint density at radius 1 is 1.38 bits per heavy atom. The summed E-state index contributed by atoms with van der Waals surface area (Å²) in [5.41, 5.74) is 8.44. The molecular formula is C12H15N3O. The highest BCUT2D eigenvalue weighted by molar-refractivity contribution is 5.97. The number of pyridine rings is 1. The molecule has 0 saturated carbocycles. The first-order chi connectivity index (χ1) is 7.83. The lowest BCUT2D eigenvalue weighted by Crippen LogP contribution is -2.08. The highest BCUT2D eigenvalue weighted by Crippen LogP contribution is 2.24. The molecule has 0 amide bonds. The van der Waals surface area contributed by atoms with Gasteiger partial charge >= 0.3 is 0 Å². The fourth-order valence-corrected chi connectivity index (χ4v) is 1.64. The van der Waals surface area contributed by atoms with Gasteiger partial charge in [-0.05, 0) is 12.1 Å². The number of aromatic nitrogens is 1. The zero-order chi connectivity index (χ0) is 11.4. The Labute approximate surface area is 94.4 Å². The number of benzene rings is 1. The van der Waals surface area contributed by atoms with Gasteiger partial charge in [-0.3, -0.25) is 4.98 Å². The molecule has 0 bridgehead atoms. The van der Waals surface area contributed by atoms with Crippen molar-refractivity contribution in [2.45, 2.75) is 0 Å². The van der Waals surface area contributed by atoms with Gasteiger partial charge in [-0.15, -0.1) is 0 Å². The van der Waals surface area contributed by atoms with Crippen LogP contribution >= 0.6 is 0 Å². The molecule has 0 aliphatic heterocycles. The molecule has 0 aliphatic rings. The zero-order valence-corrected chi connectivity index (χ0v) is 9.23. The first-order valence-electron chi connectivity index (χ1n) is 5.19. The van der Waals surface area contributed by atoms with Crippen molar-refractivity contribution in [3.8, 4) is 0 Å².